The van der Waals surface area contributed by atoms with Gasteiger partial charge in [0.1, 0.15) is 0 Å². The second-order valence-corrected chi connectivity index (χ2v) is 6.25. The Morgan fingerprint density at radius 1 is 1.26 bits per heavy atom. The summed E-state index contributed by atoms with van der Waals surface area (Å²) in [6.45, 7) is 7.25. The molecule has 106 valence electrons. The number of nitrogens with zero attached hydrogens (tertiary/aromatic N) is 2. The summed E-state index contributed by atoms with van der Waals surface area (Å²) in [4.78, 5) is 2.57. The minimum Gasteiger partial charge on any atom is -0.351 e. The van der Waals surface area contributed by atoms with Crippen molar-refractivity contribution in [2.75, 3.05) is 19.6 Å². The van der Waals surface area contributed by atoms with Crippen molar-refractivity contribution in [2.45, 2.75) is 51.6 Å². The Morgan fingerprint density at radius 3 is 2.79 bits per heavy atom. The zero-order valence-corrected chi connectivity index (χ0v) is 12.1. The minimum absolute atomic E-state index is 0.284. The third-order valence-corrected chi connectivity index (χ3v) is 5.05. The van der Waals surface area contributed by atoms with Gasteiger partial charge < -0.3 is 15.2 Å². The Hall–Kier alpha value is -0.800. The van der Waals surface area contributed by atoms with Crippen LogP contribution >= 0.6 is 0 Å². The van der Waals surface area contributed by atoms with Gasteiger partial charge in [0, 0.05) is 24.5 Å². The van der Waals surface area contributed by atoms with Gasteiger partial charge in [-0.25, -0.2) is 0 Å². The maximum Gasteiger partial charge on any atom is 0.0312 e. The summed E-state index contributed by atoms with van der Waals surface area (Å²) < 4.78 is 2.50. The molecule has 2 aliphatic rings. The standard InChI is InChI=1S/C16H27N3/c1-2-18-9-6-13(7-10-18)12-19-11-8-14-15(17)4-3-5-16(14)19/h8,11,13,15H,2-7,9-10,12,17H2,1H3. The van der Waals surface area contributed by atoms with Crippen molar-refractivity contribution in [3.8, 4) is 0 Å². The number of fused-ring (bicyclic) bond motifs is 1. The second-order valence-electron chi connectivity index (χ2n) is 6.25. The van der Waals surface area contributed by atoms with Gasteiger partial charge in [-0.05, 0) is 69.3 Å². The summed E-state index contributed by atoms with van der Waals surface area (Å²) >= 11 is 0. The van der Waals surface area contributed by atoms with Crippen LogP contribution in [0.15, 0.2) is 12.3 Å². The van der Waals surface area contributed by atoms with Crippen molar-refractivity contribution in [1.82, 2.24) is 9.47 Å². The van der Waals surface area contributed by atoms with Crippen LogP contribution in [0.25, 0.3) is 0 Å². The maximum absolute atomic E-state index is 6.21. The van der Waals surface area contributed by atoms with Crippen LogP contribution in [-0.4, -0.2) is 29.1 Å². The molecule has 2 heterocycles. The molecule has 0 aromatic carbocycles. The summed E-state index contributed by atoms with van der Waals surface area (Å²) in [5.41, 5.74) is 9.15. The van der Waals surface area contributed by atoms with E-state index >= 15 is 0 Å². The summed E-state index contributed by atoms with van der Waals surface area (Å²) in [7, 11) is 0. The molecule has 0 radical (unpaired) electrons. The van der Waals surface area contributed by atoms with Gasteiger partial charge in [0.05, 0.1) is 0 Å². The van der Waals surface area contributed by atoms with E-state index in [0.29, 0.717) is 0 Å². The molecular weight excluding hydrogens is 234 g/mol. The molecule has 1 saturated heterocycles. The number of hydrogen-bond acceptors (Lipinski definition) is 2. The highest BCUT2D eigenvalue weighted by Crippen LogP contribution is 2.30. The van der Waals surface area contributed by atoms with Crippen LogP contribution in [0.3, 0.4) is 0 Å². The lowest BCUT2D eigenvalue weighted by atomic mass is 9.93. The molecule has 1 aliphatic heterocycles. The molecule has 1 unspecified atom stereocenters. The van der Waals surface area contributed by atoms with Crippen molar-refractivity contribution in [2.24, 2.45) is 11.7 Å². The van der Waals surface area contributed by atoms with Crippen LogP contribution in [0.2, 0.25) is 0 Å². The molecule has 0 saturated carbocycles. The van der Waals surface area contributed by atoms with E-state index in [1.807, 2.05) is 0 Å². The molecule has 0 spiro atoms. The lowest BCUT2D eigenvalue weighted by molar-refractivity contribution is 0.180. The van der Waals surface area contributed by atoms with E-state index in [1.54, 1.807) is 0 Å². The molecule has 19 heavy (non-hydrogen) atoms. The smallest absolute Gasteiger partial charge is 0.0312 e. The van der Waals surface area contributed by atoms with E-state index in [4.69, 9.17) is 5.73 Å². The average molecular weight is 261 g/mol. The topological polar surface area (TPSA) is 34.2 Å². The first kappa shape index (κ1) is 13.2. The largest absolute Gasteiger partial charge is 0.351 e. The number of piperidine rings is 1. The van der Waals surface area contributed by atoms with Crippen LogP contribution in [0.4, 0.5) is 0 Å². The Morgan fingerprint density at radius 2 is 2.05 bits per heavy atom. The number of hydrogen-bond donors (Lipinski definition) is 1. The minimum atomic E-state index is 0.284. The van der Waals surface area contributed by atoms with Crippen molar-refractivity contribution >= 4 is 0 Å². The predicted octanol–water partition coefficient (Wildman–Crippen LogP) is 2.56. The van der Waals surface area contributed by atoms with Crippen LogP contribution < -0.4 is 5.73 Å². The fourth-order valence-electron chi connectivity index (χ4n) is 3.73. The van der Waals surface area contributed by atoms with E-state index in [-0.39, 0.29) is 6.04 Å². The van der Waals surface area contributed by atoms with Gasteiger partial charge in [-0.2, -0.15) is 0 Å². The van der Waals surface area contributed by atoms with E-state index in [1.165, 1.54) is 63.1 Å². The second kappa shape index (κ2) is 5.68. The first-order valence-corrected chi connectivity index (χ1v) is 7.93. The highest BCUT2D eigenvalue weighted by Gasteiger charge is 2.23. The molecule has 1 aromatic rings. The fourth-order valence-corrected chi connectivity index (χ4v) is 3.73. The number of nitrogens with two attached hydrogens (primary N) is 1. The predicted molar refractivity (Wildman–Crippen MR) is 79.1 cm³/mol. The summed E-state index contributed by atoms with van der Waals surface area (Å²) in [5, 5.41) is 0. The number of aromatic nitrogens is 1. The highest BCUT2D eigenvalue weighted by atomic mass is 15.1. The lowest BCUT2D eigenvalue weighted by Crippen LogP contribution is -2.34. The highest BCUT2D eigenvalue weighted by molar-refractivity contribution is 5.28. The Balaban J connectivity index is 1.65. The van der Waals surface area contributed by atoms with Gasteiger partial charge in [-0.3, -0.25) is 0 Å². The van der Waals surface area contributed by atoms with Crippen LogP contribution in [0.5, 0.6) is 0 Å². The van der Waals surface area contributed by atoms with Crippen molar-refractivity contribution in [3.63, 3.8) is 0 Å². The molecular formula is C16H27N3. The van der Waals surface area contributed by atoms with Gasteiger partial charge in [0.15, 0.2) is 0 Å². The third kappa shape index (κ3) is 2.72. The Kier molecular flexibility index (Phi) is 3.94. The van der Waals surface area contributed by atoms with Gasteiger partial charge in [0.25, 0.3) is 0 Å². The normalized spacial score (nSPS) is 25.5. The van der Waals surface area contributed by atoms with Gasteiger partial charge in [0.2, 0.25) is 0 Å². The van der Waals surface area contributed by atoms with Crippen molar-refractivity contribution < 1.29 is 0 Å². The van der Waals surface area contributed by atoms with Crippen LogP contribution in [0, 0.1) is 5.92 Å². The monoisotopic (exact) mass is 261 g/mol. The molecule has 1 aliphatic carbocycles. The third-order valence-electron chi connectivity index (χ3n) is 5.05. The van der Waals surface area contributed by atoms with Crippen LogP contribution in [-0.2, 0) is 13.0 Å². The number of likely N-dealkylation sites (tertiary alicyclic amines) is 1. The first-order valence-electron chi connectivity index (χ1n) is 7.93. The first-order chi connectivity index (χ1) is 9.28. The molecule has 3 rings (SSSR count). The zero-order chi connectivity index (χ0) is 13.2. The zero-order valence-electron chi connectivity index (χ0n) is 12.1. The Labute approximate surface area is 116 Å². The van der Waals surface area contributed by atoms with Crippen molar-refractivity contribution in [3.05, 3.63) is 23.5 Å². The van der Waals surface area contributed by atoms with E-state index in [0.717, 1.165) is 12.3 Å². The molecule has 0 amide bonds. The Bertz CT molecular complexity index is 416. The maximum atomic E-state index is 6.21. The summed E-state index contributed by atoms with van der Waals surface area (Å²) in [6, 6.07) is 2.55. The number of rotatable bonds is 3. The van der Waals surface area contributed by atoms with Gasteiger partial charge >= 0.3 is 0 Å². The van der Waals surface area contributed by atoms with E-state index < -0.39 is 0 Å². The SMILES string of the molecule is CCN1CCC(Cn2ccc3c2CCCC3N)CC1. The van der Waals surface area contributed by atoms with Gasteiger partial charge in [-0.15, -0.1) is 0 Å². The average Bonchev–Trinajstić information content (AvgIpc) is 2.84. The molecule has 1 atom stereocenters. The van der Waals surface area contributed by atoms with Crippen LogP contribution in [0.1, 0.15) is 49.9 Å². The molecule has 2 N–H and O–H groups in total. The van der Waals surface area contributed by atoms with Crippen molar-refractivity contribution in [1.29, 1.82) is 0 Å². The summed E-state index contributed by atoms with van der Waals surface area (Å²) in [5.74, 6) is 0.859. The quantitative estimate of drug-likeness (QED) is 0.907. The molecule has 1 aromatic heterocycles. The molecule has 0 bridgehead atoms. The molecule has 3 nitrogen and oxygen atoms in total. The van der Waals surface area contributed by atoms with Gasteiger partial charge in [-0.1, -0.05) is 6.92 Å². The van der Waals surface area contributed by atoms with E-state index in [2.05, 4.69) is 28.7 Å². The lowest BCUT2D eigenvalue weighted by Gasteiger charge is -2.32. The summed E-state index contributed by atoms with van der Waals surface area (Å²) in [6.07, 6.45) is 8.63. The molecule has 3 heteroatoms. The molecule has 1 fully saturated rings. The van der Waals surface area contributed by atoms with E-state index in [9.17, 15) is 0 Å². The fraction of sp³-hybridized carbons (Fsp3) is 0.750.